The number of benzene rings is 1. The van der Waals surface area contributed by atoms with E-state index in [4.69, 9.17) is 0 Å². The molecule has 0 aliphatic carbocycles. The predicted molar refractivity (Wildman–Crippen MR) is 110 cm³/mol. The van der Waals surface area contributed by atoms with Crippen molar-refractivity contribution in [3.63, 3.8) is 0 Å². The van der Waals surface area contributed by atoms with Crippen LogP contribution < -0.4 is 0 Å². The summed E-state index contributed by atoms with van der Waals surface area (Å²) >= 11 is 0. The van der Waals surface area contributed by atoms with E-state index in [0.717, 1.165) is 69.3 Å². The third kappa shape index (κ3) is 3.51. The second-order valence-electron chi connectivity index (χ2n) is 8.13. The van der Waals surface area contributed by atoms with E-state index in [-0.39, 0.29) is 5.91 Å². The summed E-state index contributed by atoms with van der Waals surface area (Å²) in [7, 11) is 0. The Morgan fingerprint density at radius 1 is 1.14 bits per heavy atom. The van der Waals surface area contributed by atoms with Crippen LogP contribution in [-0.4, -0.2) is 55.1 Å². The fourth-order valence-electron chi connectivity index (χ4n) is 4.67. The standard InChI is InChI=1S/C22H26N6O/c1-16(29)27-10-4-5-18(14-27)22-25-24-21-15-26(11-12-28(21)22)13-17-8-9-23-20-7-3-2-6-19(17)20/h2-3,6-9,18H,4-5,10-15H2,1H3/t18-/m0/s1. The molecule has 2 aromatic heterocycles. The van der Waals surface area contributed by atoms with Crippen LogP contribution in [0.1, 0.15) is 42.9 Å². The highest BCUT2D eigenvalue weighted by Gasteiger charge is 2.30. The molecule has 150 valence electrons. The Bertz CT molecular complexity index is 1040. The second kappa shape index (κ2) is 7.55. The number of carbonyl (C=O) groups is 1. The molecule has 1 amide bonds. The molecule has 2 aliphatic rings. The molecule has 1 fully saturated rings. The molecule has 0 bridgehead atoms. The van der Waals surface area contributed by atoms with Gasteiger partial charge in [-0.15, -0.1) is 10.2 Å². The van der Waals surface area contributed by atoms with Crippen molar-refractivity contribution in [1.29, 1.82) is 0 Å². The SMILES string of the molecule is CC(=O)N1CCC[C@H](c2nnc3n2CCN(Cc2ccnc4ccccc24)C3)C1. The van der Waals surface area contributed by atoms with Gasteiger partial charge in [-0.05, 0) is 30.5 Å². The van der Waals surface area contributed by atoms with E-state index >= 15 is 0 Å². The highest BCUT2D eigenvalue weighted by atomic mass is 16.2. The van der Waals surface area contributed by atoms with Crippen LogP contribution in [0.3, 0.4) is 0 Å². The van der Waals surface area contributed by atoms with Crippen molar-refractivity contribution in [1.82, 2.24) is 29.5 Å². The maximum absolute atomic E-state index is 11.8. The molecule has 1 aromatic carbocycles. The second-order valence-corrected chi connectivity index (χ2v) is 8.13. The van der Waals surface area contributed by atoms with Gasteiger partial charge in [0.2, 0.25) is 5.91 Å². The predicted octanol–water partition coefficient (Wildman–Crippen LogP) is 2.57. The highest BCUT2D eigenvalue weighted by molar-refractivity contribution is 5.81. The van der Waals surface area contributed by atoms with Crippen LogP contribution in [0.25, 0.3) is 10.9 Å². The molecule has 0 saturated carbocycles. The molecule has 2 aliphatic heterocycles. The molecule has 4 heterocycles. The van der Waals surface area contributed by atoms with Crippen molar-refractivity contribution in [2.75, 3.05) is 19.6 Å². The Kier molecular flexibility index (Phi) is 4.75. The minimum absolute atomic E-state index is 0.156. The lowest BCUT2D eigenvalue weighted by atomic mass is 9.97. The Morgan fingerprint density at radius 3 is 2.93 bits per heavy atom. The molecule has 0 unspecified atom stereocenters. The number of piperidine rings is 1. The number of para-hydroxylation sites is 1. The topological polar surface area (TPSA) is 67.2 Å². The monoisotopic (exact) mass is 390 g/mol. The van der Waals surface area contributed by atoms with Crippen LogP contribution in [0.15, 0.2) is 36.5 Å². The number of carbonyl (C=O) groups excluding carboxylic acids is 1. The van der Waals surface area contributed by atoms with Gasteiger partial charge < -0.3 is 9.47 Å². The summed E-state index contributed by atoms with van der Waals surface area (Å²) in [5, 5.41) is 10.3. The largest absolute Gasteiger partial charge is 0.342 e. The first-order chi connectivity index (χ1) is 14.2. The first kappa shape index (κ1) is 18.2. The summed E-state index contributed by atoms with van der Waals surface area (Å²) in [6, 6.07) is 10.4. The molecule has 3 aromatic rings. The van der Waals surface area contributed by atoms with Gasteiger partial charge in [0.15, 0.2) is 0 Å². The van der Waals surface area contributed by atoms with Crippen molar-refractivity contribution < 1.29 is 4.79 Å². The van der Waals surface area contributed by atoms with Crippen LogP contribution >= 0.6 is 0 Å². The lowest BCUT2D eigenvalue weighted by Crippen LogP contribution is -2.39. The minimum Gasteiger partial charge on any atom is -0.342 e. The van der Waals surface area contributed by atoms with Crippen molar-refractivity contribution in [2.24, 2.45) is 0 Å². The van der Waals surface area contributed by atoms with Gasteiger partial charge in [0, 0.05) is 57.1 Å². The lowest BCUT2D eigenvalue weighted by molar-refractivity contribution is -0.130. The van der Waals surface area contributed by atoms with Crippen LogP contribution in [0.2, 0.25) is 0 Å². The number of fused-ring (bicyclic) bond motifs is 2. The maximum atomic E-state index is 11.8. The van der Waals surface area contributed by atoms with E-state index in [9.17, 15) is 4.79 Å². The Hall–Kier alpha value is -2.80. The number of amides is 1. The highest BCUT2D eigenvalue weighted by Crippen LogP contribution is 2.28. The maximum Gasteiger partial charge on any atom is 0.219 e. The van der Waals surface area contributed by atoms with Crippen molar-refractivity contribution >= 4 is 16.8 Å². The van der Waals surface area contributed by atoms with Gasteiger partial charge in [0.1, 0.15) is 11.6 Å². The molecule has 29 heavy (non-hydrogen) atoms. The van der Waals surface area contributed by atoms with Crippen LogP contribution in [0, 0.1) is 0 Å². The summed E-state index contributed by atoms with van der Waals surface area (Å²) in [4.78, 5) is 20.6. The zero-order chi connectivity index (χ0) is 19.8. The zero-order valence-corrected chi connectivity index (χ0v) is 16.8. The molecule has 1 saturated heterocycles. The van der Waals surface area contributed by atoms with Gasteiger partial charge in [0.05, 0.1) is 12.1 Å². The first-order valence-electron chi connectivity index (χ1n) is 10.4. The zero-order valence-electron chi connectivity index (χ0n) is 16.8. The first-order valence-corrected chi connectivity index (χ1v) is 10.4. The van der Waals surface area contributed by atoms with Gasteiger partial charge in [-0.25, -0.2) is 0 Å². The average molecular weight is 390 g/mol. The van der Waals surface area contributed by atoms with Gasteiger partial charge in [-0.2, -0.15) is 0 Å². The van der Waals surface area contributed by atoms with Gasteiger partial charge in [-0.1, -0.05) is 18.2 Å². The Morgan fingerprint density at radius 2 is 2.03 bits per heavy atom. The molecule has 0 spiro atoms. The summed E-state index contributed by atoms with van der Waals surface area (Å²) in [6.45, 7) is 6.83. The van der Waals surface area contributed by atoms with E-state index in [1.807, 2.05) is 17.2 Å². The minimum atomic E-state index is 0.156. The van der Waals surface area contributed by atoms with Crippen molar-refractivity contribution in [3.05, 3.63) is 53.7 Å². The van der Waals surface area contributed by atoms with Gasteiger partial charge in [0.25, 0.3) is 0 Å². The molecular formula is C22H26N6O. The Balaban J connectivity index is 1.33. The van der Waals surface area contributed by atoms with Crippen molar-refractivity contribution in [3.8, 4) is 0 Å². The number of hydrogen-bond acceptors (Lipinski definition) is 5. The number of aromatic nitrogens is 4. The lowest BCUT2D eigenvalue weighted by Gasteiger charge is -2.33. The normalized spacial score (nSPS) is 20.0. The molecular weight excluding hydrogens is 364 g/mol. The molecule has 0 radical (unpaired) electrons. The summed E-state index contributed by atoms with van der Waals surface area (Å²) in [5.74, 6) is 2.54. The fraction of sp³-hybridized carbons (Fsp3) is 0.455. The van der Waals surface area contributed by atoms with E-state index in [0.29, 0.717) is 5.92 Å². The van der Waals surface area contributed by atoms with Crippen LogP contribution in [-0.2, 0) is 24.4 Å². The molecule has 7 heteroatoms. The number of hydrogen-bond donors (Lipinski definition) is 0. The smallest absolute Gasteiger partial charge is 0.219 e. The van der Waals surface area contributed by atoms with E-state index < -0.39 is 0 Å². The van der Waals surface area contributed by atoms with E-state index in [1.165, 1.54) is 10.9 Å². The summed E-state index contributed by atoms with van der Waals surface area (Å²) in [6.07, 6.45) is 4.01. The molecule has 5 rings (SSSR count). The van der Waals surface area contributed by atoms with Crippen LogP contribution in [0.4, 0.5) is 0 Å². The molecule has 0 N–H and O–H groups in total. The number of rotatable bonds is 3. The molecule has 1 atom stereocenters. The molecule has 7 nitrogen and oxygen atoms in total. The number of nitrogens with zero attached hydrogens (tertiary/aromatic N) is 6. The van der Waals surface area contributed by atoms with Crippen molar-refractivity contribution in [2.45, 2.75) is 45.3 Å². The van der Waals surface area contributed by atoms with E-state index in [1.54, 1.807) is 6.92 Å². The fourth-order valence-corrected chi connectivity index (χ4v) is 4.67. The summed E-state index contributed by atoms with van der Waals surface area (Å²) in [5.41, 5.74) is 2.34. The third-order valence-electron chi connectivity index (χ3n) is 6.23. The quantitative estimate of drug-likeness (QED) is 0.688. The van der Waals surface area contributed by atoms with Crippen LogP contribution in [0.5, 0.6) is 0 Å². The third-order valence-corrected chi connectivity index (χ3v) is 6.23. The summed E-state index contributed by atoms with van der Waals surface area (Å²) < 4.78 is 2.29. The van der Waals surface area contributed by atoms with E-state index in [2.05, 4.69) is 48.9 Å². The number of pyridine rings is 1. The Labute approximate surface area is 170 Å². The number of likely N-dealkylation sites (tertiary alicyclic amines) is 1. The average Bonchev–Trinajstić information content (AvgIpc) is 3.17. The van der Waals surface area contributed by atoms with Gasteiger partial charge in [-0.3, -0.25) is 14.7 Å². The van der Waals surface area contributed by atoms with Gasteiger partial charge >= 0.3 is 0 Å².